The van der Waals surface area contributed by atoms with Gasteiger partial charge in [-0.15, -0.1) is 0 Å². The third-order valence-corrected chi connectivity index (χ3v) is 4.18. The normalized spacial score (nSPS) is 19.4. The highest BCUT2D eigenvalue weighted by atomic mass is 15.0. The summed E-state index contributed by atoms with van der Waals surface area (Å²) in [5.74, 6) is 0. The Kier molecular flexibility index (Phi) is 4.27. The van der Waals surface area contributed by atoms with Crippen molar-refractivity contribution in [2.75, 3.05) is 6.54 Å². The van der Waals surface area contributed by atoms with Gasteiger partial charge >= 0.3 is 0 Å². The lowest BCUT2D eigenvalue weighted by Gasteiger charge is -2.33. The number of hydrogen-bond donors (Lipinski definition) is 1. The zero-order chi connectivity index (χ0) is 12.1. The van der Waals surface area contributed by atoms with Crippen LogP contribution >= 0.6 is 0 Å². The van der Waals surface area contributed by atoms with Crippen LogP contribution in [0.1, 0.15) is 51.6 Å². The van der Waals surface area contributed by atoms with Crippen molar-refractivity contribution in [3.63, 3.8) is 0 Å². The molecule has 0 saturated heterocycles. The van der Waals surface area contributed by atoms with Crippen LogP contribution in [0.3, 0.4) is 0 Å². The number of nitrogens with zero attached hydrogens (tertiary/aromatic N) is 1. The molecule has 0 radical (unpaired) electrons. The Morgan fingerprint density at radius 2 is 2.06 bits per heavy atom. The first-order chi connectivity index (χ1) is 8.23. The van der Waals surface area contributed by atoms with Crippen molar-refractivity contribution in [3.05, 3.63) is 24.0 Å². The van der Waals surface area contributed by atoms with Gasteiger partial charge in [0, 0.05) is 31.5 Å². The molecule has 1 aromatic heterocycles. The lowest BCUT2D eigenvalue weighted by molar-refractivity contribution is 0.207. The molecule has 0 unspecified atom stereocenters. The van der Waals surface area contributed by atoms with Crippen molar-refractivity contribution in [2.24, 2.45) is 5.41 Å². The first kappa shape index (κ1) is 12.7. The van der Waals surface area contributed by atoms with Crippen LogP contribution in [0, 0.1) is 5.41 Å². The maximum atomic E-state index is 3.65. The van der Waals surface area contributed by atoms with E-state index in [1.165, 1.54) is 44.3 Å². The molecule has 96 valence electrons. The molecule has 0 amide bonds. The van der Waals surface area contributed by atoms with Gasteiger partial charge in [-0.05, 0) is 37.3 Å². The number of rotatable bonds is 5. The van der Waals surface area contributed by atoms with Gasteiger partial charge in [0.2, 0.25) is 0 Å². The van der Waals surface area contributed by atoms with Gasteiger partial charge in [-0.25, -0.2) is 0 Å². The van der Waals surface area contributed by atoms with E-state index in [0.29, 0.717) is 5.41 Å². The van der Waals surface area contributed by atoms with Crippen LogP contribution in [0.4, 0.5) is 0 Å². The van der Waals surface area contributed by atoms with E-state index < -0.39 is 0 Å². The molecule has 1 fully saturated rings. The topological polar surface area (TPSA) is 17.0 Å². The summed E-state index contributed by atoms with van der Waals surface area (Å²) in [4.78, 5) is 0. The third-order valence-electron chi connectivity index (χ3n) is 4.18. The van der Waals surface area contributed by atoms with Crippen molar-refractivity contribution >= 4 is 0 Å². The van der Waals surface area contributed by atoms with Gasteiger partial charge in [-0.3, -0.25) is 0 Å². The summed E-state index contributed by atoms with van der Waals surface area (Å²) in [6.45, 7) is 7.89. The van der Waals surface area contributed by atoms with Crippen LogP contribution in [0.25, 0.3) is 0 Å². The van der Waals surface area contributed by atoms with Crippen LogP contribution in [0.2, 0.25) is 0 Å². The minimum atomic E-state index is 0.544. The van der Waals surface area contributed by atoms with E-state index >= 15 is 0 Å². The standard InChI is InChI=1S/C15H26N2/c1-3-17-11-7-8-14(17)12-16-13-15(2)9-5-4-6-10-15/h7-8,11,16H,3-6,9-10,12-13H2,1-2H3. The Morgan fingerprint density at radius 3 is 2.76 bits per heavy atom. The number of aryl methyl sites for hydroxylation is 1. The first-order valence-electron chi connectivity index (χ1n) is 7.08. The highest BCUT2D eigenvalue weighted by molar-refractivity contribution is 5.06. The fourth-order valence-electron chi connectivity index (χ4n) is 2.99. The molecular formula is C15H26N2. The molecule has 1 aliphatic rings. The van der Waals surface area contributed by atoms with Gasteiger partial charge < -0.3 is 9.88 Å². The quantitative estimate of drug-likeness (QED) is 0.824. The zero-order valence-electron chi connectivity index (χ0n) is 11.3. The SMILES string of the molecule is CCn1cccc1CNCC1(C)CCCCC1. The molecule has 1 N–H and O–H groups in total. The van der Waals surface area contributed by atoms with E-state index in [2.05, 4.69) is 42.1 Å². The largest absolute Gasteiger partial charge is 0.351 e. The van der Waals surface area contributed by atoms with E-state index in [0.717, 1.165) is 13.1 Å². The molecule has 17 heavy (non-hydrogen) atoms. The predicted octanol–water partition coefficient (Wildman–Crippen LogP) is 3.57. The maximum Gasteiger partial charge on any atom is 0.0359 e. The molecule has 0 spiro atoms. The number of hydrogen-bond acceptors (Lipinski definition) is 1. The summed E-state index contributed by atoms with van der Waals surface area (Å²) >= 11 is 0. The van der Waals surface area contributed by atoms with E-state index in [4.69, 9.17) is 0 Å². The van der Waals surface area contributed by atoms with Crippen molar-refractivity contribution in [3.8, 4) is 0 Å². The van der Waals surface area contributed by atoms with Crippen LogP contribution in [0.5, 0.6) is 0 Å². The maximum absolute atomic E-state index is 3.65. The minimum absolute atomic E-state index is 0.544. The summed E-state index contributed by atoms with van der Waals surface area (Å²) in [7, 11) is 0. The fraction of sp³-hybridized carbons (Fsp3) is 0.733. The van der Waals surface area contributed by atoms with Crippen LogP contribution in [0.15, 0.2) is 18.3 Å². The molecule has 0 aliphatic heterocycles. The molecule has 0 aromatic carbocycles. The van der Waals surface area contributed by atoms with E-state index in [-0.39, 0.29) is 0 Å². The van der Waals surface area contributed by atoms with E-state index in [9.17, 15) is 0 Å². The molecule has 1 aliphatic carbocycles. The van der Waals surface area contributed by atoms with E-state index in [1.54, 1.807) is 0 Å². The Bertz CT molecular complexity index is 334. The molecule has 2 heteroatoms. The smallest absolute Gasteiger partial charge is 0.0359 e. The van der Waals surface area contributed by atoms with Gasteiger partial charge in [0.1, 0.15) is 0 Å². The first-order valence-corrected chi connectivity index (χ1v) is 7.08. The predicted molar refractivity (Wildman–Crippen MR) is 73.0 cm³/mol. The summed E-state index contributed by atoms with van der Waals surface area (Å²) < 4.78 is 2.32. The van der Waals surface area contributed by atoms with Gasteiger partial charge in [-0.1, -0.05) is 26.2 Å². The molecule has 2 nitrogen and oxygen atoms in total. The molecule has 1 aromatic rings. The van der Waals surface area contributed by atoms with Gasteiger partial charge in [0.15, 0.2) is 0 Å². The monoisotopic (exact) mass is 234 g/mol. The zero-order valence-corrected chi connectivity index (χ0v) is 11.3. The minimum Gasteiger partial charge on any atom is -0.351 e. The Labute approximate surface area is 105 Å². The third kappa shape index (κ3) is 3.35. The summed E-state index contributed by atoms with van der Waals surface area (Å²) in [5.41, 5.74) is 1.95. The average molecular weight is 234 g/mol. The van der Waals surface area contributed by atoms with Crippen LogP contribution in [-0.4, -0.2) is 11.1 Å². The van der Waals surface area contributed by atoms with Crippen LogP contribution in [-0.2, 0) is 13.1 Å². The van der Waals surface area contributed by atoms with Crippen molar-refractivity contribution in [2.45, 2.75) is 59.0 Å². The summed E-state index contributed by atoms with van der Waals surface area (Å²) in [6, 6.07) is 4.36. The molecule has 1 heterocycles. The van der Waals surface area contributed by atoms with E-state index in [1.807, 2.05) is 0 Å². The average Bonchev–Trinajstić information content (AvgIpc) is 2.77. The lowest BCUT2D eigenvalue weighted by Crippen LogP contribution is -2.33. The lowest BCUT2D eigenvalue weighted by atomic mass is 9.76. The van der Waals surface area contributed by atoms with Gasteiger partial charge in [-0.2, -0.15) is 0 Å². The van der Waals surface area contributed by atoms with Gasteiger partial charge in [0.25, 0.3) is 0 Å². The second-order valence-electron chi connectivity index (χ2n) is 5.76. The van der Waals surface area contributed by atoms with Gasteiger partial charge in [0.05, 0.1) is 0 Å². The van der Waals surface area contributed by atoms with Crippen LogP contribution < -0.4 is 5.32 Å². The molecule has 2 rings (SSSR count). The highest BCUT2D eigenvalue weighted by Crippen LogP contribution is 2.34. The summed E-state index contributed by atoms with van der Waals surface area (Å²) in [5, 5.41) is 3.65. The number of nitrogens with one attached hydrogen (secondary N) is 1. The number of aromatic nitrogens is 1. The van der Waals surface area contributed by atoms with Crippen molar-refractivity contribution in [1.82, 2.24) is 9.88 Å². The summed E-state index contributed by atoms with van der Waals surface area (Å²) in [6.07, 6.45) is 9.24. The molecular weight excluding hydrogens is 208 g/mol. The van der Waals surface area contributed by atoms with Crippen molar-refractivity contribution < 1.29 is 0 Å². The highest BCUT2D eigenvalue weighted by Gasteiger charge is 2.25. The fourth-order valence-corrected chi connectivity index (χ4v) is 2.99. The Morgan fingerprint density at radius 1 is 1.29 bits per heavy atom. The molecule has 0 atom stereocenters. The Hall–Kier alpha value is -0.760. The van der Waals surface area contributed by atoms with Crippen molar-refractivity contribution in [1.29, 1.82) is 0 Å². The molecule has 0 bridgehead atoms. The second kappa shape index (κ2) is 5.72. The Balaban J connectivity index is 1.79. The molecule has 1 saturated carbocycles. The second-order valence-corrected chi connectivity index (χ2v) is 5.76.